The number of carbonyl (C=O) groups is 1. The van der Waals surface area contributed by atoms with Gasteiger partial charge >= 0.3 is 0 Å². The zero-order valence-electron chi connectivity index (χ0n) is 14.3. The average molecular weight is 391 g/mol. The van der Waals surface area contributed by atoms with Crippen LogP contribution < -0.4 is 10.6 Å². The van der Waals surface area contributed by atoms with Gasteiger partial charge in [-0.1, -0.05) is 22.9 Å². The summed E-state index contributed by atoms with van der Waals surface area (Å²) < 4.78 is 5.81. The quantitative estimate of drug-likeness (QED) is 0.706. The van der Waals surface area contributed by atoms with Gasteiger partial charge in [-0.15, -0.1) is 10.2 Å². The van der Waals surface area contributed by atoms with Crippen molar-refractivity contribution in [3.8, 4) is 0 Å². The minimum Gasteiger partial charge on any atom is -0.459 e. The molecule has 26 heavy (non-hydrogen) atoms. The van der Waals surface area contributed by atoms with Gasteiger partial charge in [0.05, 0.1) is 6.04 Å². The topological polar surface area (TPSA) is 80.0 Å². The number of halogens is 1. The Morgan fingerprint density at radius 3 is 2.96 bits per heavy atom. The van der Waals surface area contributed by atoms with Gasteiger partial charge in [-0.2, -0.15) is 0 Å². The van der Waals surface area contributed by atoms with Crippen LogP contribution in [0.4, 0.5) is 0 Å². The highest BCUT2D eigenvalue weighted by molar-refractivity contribution is 7.13. The molecule has 1 aliphatic rings. The van der Waals surface area contributed by atoms with Crippen LogP contribution in [0.15, 0.2) is 28.7 Å². The predicted octanol–water partition coefficient (Wildman–Crippen LogP) is 3.90. The molecule has 4 rings (SSSR count). The molecule has 2 aromatic heterocycles. The Morgan fingerprint density at radius 2 is 2.15 bits per heavy atom. The van der Waals surface area contributed by atoms with Gasteiger partial charge in [0.2, 0.25) is 5.01 Å². The third-order valence-corrected chi connectivity index (χ3v) is 5.91. The molecule has 1 saturated heterocycles. The number of nitrogens with one attached hydrogen (secondary N) is 2. The molecule has 0 aliphatic carbocycles. The van der Waals surface area contributed by atoms with Crippen LogP contribution in [0.2, 0.25) is 5.02 Å². The minimum atomic E-state index is -0.278. The van der Waals surface area contributed by atoms with Crippen LogP contribution in [-0.2, 0) is 0 Å². The van der Waals surface area contributed by atoms with E-state index in [1.54, 1.807) is 6.07 Å². The number of hydrogen-bond donors (Lipinski definition) is 2. The number of benzene rings is 1. The van der Waals surface area contributed by atoms with Crippen molar-refractivity contribution in [1.82, 2.24) is 20.8 Å². The van der Waals surface area contributed by atoms with Crippen molar-refractivity contribution in [3.05, 3.63) is 45.1 Å². The second-order valence-electron chi connectivity index (χ2n) is 6.50. The van der Waals surface area contributed by atoms with E-state index in [0.29, 0.717) is 21.7 Å². The smallest absolute Gasteiger partial charge is 0.282 e. The number of furan rings is 1. The van der Waals surface area contributed by atoms with Gasteiger partial charge < -0.3 is 15.1 Å². The lowest BCUT2D eigenvalue weighted by molar-refractivity contribution is 0.0934. The number of aromatic nitrogens is 2. The Morgan fingerprint density at radius 1 is 1.35 bits per heavy atom. The maximum absolute atomic E-state index is 12.5. The predicted molar refractivity (Wildman–Crippen MR) is 102 cm³/mol. The largest absolute Gasteiger partial charge is 0.459 e. The summed E-state index contributed by atoms with van der Waals surface area (Å²) in [4.78, 5) is 12.5. The summed E-state index contributed by atoms with van der Waals surface area (Å²) >= 11 is 7.39. The fraction of sp³-hybridized carbons (Fsp3) is 0.389. The highest BCUT2D eigenvalue weighted by Crippen LogP contribution is 2.29. The van der Waals surface area contributed by atoms with Crippen LogP contribution in [-0.4, -0.2) is 29.2 Å². The van der Waals surface area contributed by atoms with Crippen molar-refractivity contribution in [2.24, 2.45) is 0 Å². The molecule has 1 unspecified atom stereocenters. The Labute approximate surface area is 159 Å². The van der Waals surface area contributed by atoms with E-state index in [0.717, 1.165) is 41.9 Å². The van der Waals surface area contributed by atoms with Crippen LogP contribution in [0.1, 0.15) is 52.3 Å². The van der Waals surface area contributed by atoms with Gasteiger partial charge in [-0.05, 0) is 57.1 Å². The van der Waals surface area contributed by atoms with Crippen LogP contribution in [0.3, 0.4) is 0 Å². The third-order valence-electron chi connectivity index (χ3n) is 4.60. The first-order chi connectivity index (χ1) is 12.6. The molecule has 2 N–H and O–H groups in total. The molecule has 6 nitrogen and oxygen atoms in total. The Hall–Kier alpha value is -1.96. The molecule has 1 fully saturated rings. The number of fused-ring (bicyclic) bond motifs is 1. The van der Waals surface area contributed by atoms with Crippen LogP contribution in [0.5, 0.6) is 0 Å². The molecule has 1 atom stereocenters. The molecule has 1 amide bonds. The van der Waals surface area contributed by atoms with E-state index in [-0.39, 0.29) is 11.9 Å². The number of piperidine rings is 1. The Bertz CT molecular complexity index is 932. The molecule has 0 bridgehead atoms. The van der Waals surface area contributed by atoms with E-state index in [1.807, 2.05) is 25.1 Å². The summed E-state index contributed by atoms with van der Waals surface area (Å²) in [6, 6.07) is 7.07. The molecule has 0 saturated carbocycles. The molecular formula is C18H19ClN4O2S. The van der Waals surface area contributed by atoms with E-state index >= 15 is 0 Å². The molecule has 8 heteroatoms. The number of hydrogen-bond acceptors (Lipinski definition) is 6. The summed E-state index contributed by atoms with van der Waals surface area (Å²) in [7, 11) is 0. The standard InChI is InChI=1S/C18H19ClN4O2S/c1-10(15-9-12-8-13(19)2-3-14(12)25-15)21-16(24)18-23-22-17(26-18)11-4-6-20-7-5-11/h2-3,8-11,20H,4-7H2,1H3,(H,21,24). The van der Waals surface area contributed by atoms with Gasteiger partial charge in [0.15, 0.2) is 0 Å². The highest BCUT2D eigenvalue weighted by Gasteiger charge is 2.23. The van der Waals surface area contributed by atoms with Crippen molar-refractivity contribution in [1.29, 1.82) is 0 Å². The van der Waals surface area contributed by atoms with E-state index in [9.17, 15) is 4.79 Å². The van der Waals surface area contributed by atoms with Crippen molar-refractivity contribution in [2.45, 2.75) is 31.7 Å². The zero-order chi connectivity index (χ0) is 18.1. The van der Waals surface area contributed by atoms with Gasteiger partial charge in [-0.25, -0.2) is 0 Å². The van der Waals surface area contributed by atoms with Crippen molar-refractivity contribution in [2.75, 3.05) is 13.1 Å². The molecule has 3 heterocycles. The molecule has 3 aromatic rings. The number of nitrogens with zero attached hydrogens (tertiary/aromatic N) is 2. The van der Waals surface area contributed by atoms with E-state index in [1.165, 1.54) is 11.3 Å². The fourth-order valence-electron chi connectivity index (χ4n) is 3.14. The molecule has 0 radical (unpaired) electrons. The summed E-state index contributed by atoms with van der Waals surface area (Å²) in [6.07, 6.45) is 2.07. The van der Waals surface area contributed by atoms with Gasteiger partial charge in [0.1, 0.15) is 16.4 Å². The molecule has 0 spiro atoms. The summed E-state index contributed by atoms with van der Waals surface area (Å²) in [5, 5.41) is 17.5. The van der Waals surface area contributed by atoms with E-state index < -0.39 is 0 Å². The first-order valence-electron chi connectivity index (χ1n) is 8.64. The average Bonchev–Trinajstić information content (AvgIpc) is 3.29. The van der Waals surface area contributed by atoms with Crippen LogP contribution in [0, 0.1) is 0 Å². The van der Waals surface area contributed by atoms with Crippen LogP contribution in [0.25, 0.3) is 11.0 Å². The third kappa shape index (κ3) is 3.60. The second kappa shape index (κ2) is 7.34. The number of amides is 1. The van der Waals surface area contributed by atoms with E-state index in [2.05, 4.69) is 20.8 Å². The minimum absolute atomic E-state index is 0.228. The first kappa shape index (κ1) is 17.5. The first-order valence-corrected chi connectivity index (χ1v) is 9.83. The lowest BCUT2D eigenvalue weighted by atomic mass is 9.99. The van der Waals surface area contributed by atoms with E-state index in [4.69, 9.17) is 16.0 Å². The van der Waals surface area contributed by atoms with Crippen LogP contribution >= 0.6 is 22.9 Å². The van der Waals surface area contributed by atoms with Gasteiger partial charge in [-0.3, -0.25) is 4.79 Å². The van der Waals surface area contributed by atoms with Crippen molar-refractivity contribution in [3.63, 3.8) is 0 Å². The number of carbonyl (C=O) groups excluding carboxylic acids is 1. The monoisotopic (exact) mass is 390 g/mol. The Kier molecular flexibility index (Phi) is 4.93. The summed E-state index contributed by atoms with van der Waals surface area (Å²) in [5.41, 5.74) is 0.745. The van der Waals surface area contributed by atoms with Gasteiger partial charge in [0.25, 0.3) is 5.91 Å². The van der Waals surface area contributed by atoms with Crippen molar-refractivity contribution < 1.29 is 9.21 Å². The molecule has 1 aromatic carbocycles. The normalized spacial score (nSPS) is 16.7. The molecule has 136 valence electrons. The SMILES string of the molecule is CC(NC(=O)c1nnc(C2CCNCC2)s1)c1cc2cc(Cl)ccc2o1. The Balaban J connectivity index is 1.45. The number of rotatable bonds is 4. The van der Waals surface area contributed by atoms with Crippen molar-refractivity contribution >= 4 is 39.8 Å². The summed E-state index contributed by atoms with van der Waals surface area (Å²) in [6.45, 7) is 3.85. The fourth-order valence-corrected chi connectivity index (χ4v) is 4.23. The highest BCUT2D eigenvalue weighted by atomic mass is 35.5. The maximum atomic E-state index is 12.5. The lowest BCUT2D eigenvalue weighted by Gasteiger charge is -2.19. The maximum Gasteiger partial charge on any atom is 0.282 e. The second-order valence-corrected chi connectivity index (χ2v) is 7.94. The molecular weight excluding hydrogens is 372 g/mol. The lowest BCUT2D eigenvalue weighted by Crippen LogP contribution is -2.26. The van der Waals surface area contributed by atoms with Gasteiger partial charge in [0, 0.05) is 16.3 Å². The summed E-state index contributed by atoms with van der Waals surface area (Å²) in [5.74, 6) is 0.847. The zero-order valence-corrected chi connectivity index (χ0v) is 15.9. The molecule has 1 aliphatic heterocycles.